The van der Waals surface area contributed by atoms with Crippen molar-refractivity contribution in [3.63, 3.8) is 0 Å². The van der Waals surface area contributed by atoms with Crippen molar-refractivity contribution in [2.24, 2.45) is 0 Å². The number of benzene rings is 2. The minimum atomic E-state index is -3.09. The second kappa shape index (κ2) is 8.80. The van der Waals surface area contributed by atoms with Crippen molar-refractivity contribution in [2.75, 3.05) is 20.8 Å². The molecule has 0 fully saturated rings. The highest BCUT2D eigenvalue weighted by molar-refractivity contribution is 6.02. The quantitative estimate of drug-likeness (QED) is 0.527. The van der Waals surface area contributed by atoms with Gasteiger partial charge in [-0.25, -0.2) is 4.79 Å². The molecule has 2 aromatic carbocycles. The standard InChI is InChI=1S/C18H16F2O6/c1-23-11-7-8-12(16(9-11)24-2)14(21)10-25-17(22)13-5-3-4-6-15(13)26-18(19)20/h3-9,18H,10H2,1-2H3. The average molecular weight is 366 g/mol. The van der Waals surface area contributed by atoms with E-state index in [1.807, 2.05) is 0 Å². The molecule has 0 saturated carbocycles. The van der Waals surface area contributed by atoms with Crippen LogP contribution < -0.4 is 14.2 Å². The van der Waals surface area contributed by atoms with E-state index in [-0.39, 0.29) is 22.6 Å². The molecule has 0 atom stereocenters. The lowest BCUT2D eigenvalue weighted by atomic mass is 10.1. The molecule has 6 nitrogen and oxygen atoms in total. The summed E-state index contributed by atoms with van der Waals surface area (Å²) >= 11 is 0. The highest BCUT2D eigenvalue weighted by Crippen LogP contribution is 2.25. The number of hydrogen-bond donors (Lipinski definition) is 0. The lowest BCUT2D eigenvalue weighted by molar-refractivity contribution is -0.0504. The average Bonchev–Trinajstić information content (AvgIpc) is 2.65. The van der Waals surface area contributed by atoms with Crippen LogP contribution in [0.3, 0.4) is 0 Å². The van der Waals surface area contributed by atoms with E-state index in [1.54, 1.807) is 6.07 Å². The number of ether oxygens (including phenoxy) is 4. The molecular formula is C18H16F2O6. The Morgan fingerprint density at radius 3 is 2.35 bits per heavy atom. The second-order valence-corrected chi connectivity index (χ2v) is 4.94. The van der Waals surface area contributed by atoms with E-state index in [0.717, 1.165) is 0 Å². The van der Waals surface area contributed by atoms with Gasteiger partial charge in [0.05, 0.1) is 19.8 Å². The van der Waals surface area contributed by atoms with Crippen LogP contribution in [0.25, 0.3) is 0 Å². The summed E-state index contributed by atoms with van der Waals surface area (Å²) in [5.41, 5.74) is -0.0134. The highest BCUT2D eigenvalue weighted by Gasteiger charge is 2.19. The minimum absolute atomic E-state index is 0.193. The molecule has 0 heterocycles. The Labute approximate surface area is 148 Å². The summed E-state index contributed by atoms with van der Waals surface area (Å²) in [6.07, 6.45) is 0. The molecule has 26 heavy (non-hydrogen) atoms. The Balaban J connectivity index is 2.09. The number of halogens is 2. The van der Waals surface area contributed by atoms with Gasteiger partial charge in [-0.2, -0.15) is 8.78 Å². The lowest BCUT2D eigenvalue weighted by Gasteiger charge is -2.11. The molecule has 2 rings (SSSR count). The summed E-state index contributed by atoms with van der Waals surface area (Å²) < 4.78 is 44.1. The van der Waals surface area contributed by atoms with Crippen LogP contribution >= 0.6 is 0 Å². The van der Waals surface area contributed by atoms with Crippen LogP contribution in [0.2, 0.25) is 0 Å². The van der Waals surface area contributed by atoms with Gasteiger partial charge < -0.3 is 18.9 Å². The van der Waals surface area contributed by atoms with Crippen molar-refractivity contribution >= 4 is 11.8 Å². The number of Topliss-reactive ketones (excluding diaryl/α,β-unsaturated/α-hetero) is 1. The van der Waals surface area contributed by atoms with E-state index in [9.17, 15) is 18.4 Å². The molecule has 0 aliphatic rings. The van der Waals surface area contributed by atoms with Gasteiger partial charge >= 0.3 is 12.6 Å². The fraction of sp³-hybridized carbons (Fsp3) is 0.222. The molecule has 138 valence electrons. The molecular weight excluding hydrogens is 350 g/mol. The van der Waals surface area contributed by atoms with Crippen LogP contribution in [0.1, 0.15) is 20.7 Å². The van der Waals surface area contributed by atoms with Crippen LogP contribution in [0.5, 0.6) is 17.2 Å². The number of para-hydroxylation sites is 1. The molecule has 0 N–H and O–H groups in total. The number of alkyl halides is 2. The lowest BCUT2D eigenvalue weighted by Crippen LogP contribution is -2.16. The number of carbonyl (C=O) groups is 2. The Morgan fingerprint density at radius 2 is 1.69 bits per heavy atom. The first-order chi connectivity index (χ1) is 12.5. The first-order valence-corrected chi connectivity index (χ1v) is 7.42. The van der Waals surface area contributed by atoms with Crippen molar-refractivity contribution in [2.45, 2.75) is 6.61 Å². The van der Waals surface area contributed by atoms with Crippen molar-refractivity contribution in [3.05, 3.63) is 53.6 Å². The fourth-order valence-electron chi connectivity index (χ4n) is 2.15. The van der Waals surface area contributed by atoms with Crippen LogP contribution in [0.4, 0.5) is 8.78 Å². The maximum atomic E-state index is 12.4. The Bertz CT molecular complexity index is 791. The Morgan fingerprint density at radius 1 is 0.962 bits per heavy atom. The molecule has 0 aliphatic carbocycles. The Hall–Kier alpha value is -3.16. The third-order valence-electron chi connectivity index (χ3n) is 3.37. The topological polar surface area (TPSA) is 71.1 Å². The first kappa shape index (κ1) is 19.2. The molecule has 0 unspecified atom stereocenters. The van der Waals surface area contributed by atoms with Crippen LogP contribution in [0.15, 0.2) is 42.5 Å². The summed E-state index contributed by atoms with van der Waals surface area (Å²) in [6.45, 7) is -3.68. The van der Waals surface area contributed by atoms with Gasteiger partial charge in [-0.1, -0.05) is 12.1 Å². The summed E-state index contributed by atoms with van der Waals surface area (Å²) in [4.78, 5) is 24.4. The molecule has 0 aliphatic heterocycles. The SMILES string of the molecule is COc1ccc(C(=O)COC(=O)c2ccccc2OC(F)F)c(OC)c1. The van der Waals surface area contributed by atoms with Gasteiger partial charge in [-0.05, 0) is 24.3 Å². The third-order valence-corrected chi connectivity index (χ3v) is 3.37. The molecule has 0 bridgehead atoms. The molecule has 0 amide bonds. The maximum Gasteiger partial charge on any atom is 0.387 e. The van der Waals surface area contributed by atoms with E-state index in [4.69, 9.17) is 14.2 Å². The van der Waals surface area contributed by atoms with Gasteiger partial charge in [0.25, 0.3) is 0 Å². The van der Waals surface area contributed by atoms with E-state index in [1.165, 1.54) is 50.6 Å². The van der Waals surface area contributed by atoms with Gasteiger partial charge in [0.15, 0.2) is 6.61 Å². The predicted octanol–water partition coefficient (Wildman–Crippen LogP) is 3.34. The molecule has 0 radical (unpaired) electrons. The van der Waals surface area contributed by atoms with Gasteiger partial charge in [0.2, 0.25) is 5.78 Å². The van der Waals surface area contributed by atoms with Crippen molar-refractivity contribution in [3.8, 4) is 17.2 Å². The van der Waals surface area contributed by atoms with Crippen LogP contribution in [0, 0.1) is 0 Å². The van der Waals surface area contributed by atoms with E-state index < -0.39 is 25.0 Å². The number of rotatable bonds is 8. The smallest absolute Gasteiger partial charge is 0.387 e. The second-order valence-electron chi connectivity index (χ2n) is 4.94. The number of methoxy groups -OCH3 is 2. The van der Waals surface area contributed by atoms with Gasteiger partial charge in [-0.3, -0.25) is 4.79 Å². The molecule has 0 saturated heterocycles. The fourth-order valence-corrected chi connectivity index (χ4v) is 2.15. The maximum absolute atomic E-state index is 12.4. The number of esters is 1. The Kier molecular flexibility index (Phi) is 6.48. The monoisotopic (exact) mass is 366 g/mol. The molecule has 0 spiro atoms. The van der Waals surface area contributed by atoms with Crippen LogP contribution in [-0.2, 0) is 4.74 Å². The minimum Gasteiger partial charge on any atom is -0.497 e. The summed E-state index contributed by atoms with van der Waals surface area (Å²) in [5, 5.41) is 0. The van der Waals surface area contributed by atoms with Gasteiger partial charge in [0.1, 0.15) is 22.8 Å². The van der Waals surface area contributed by atoms with Gasteiger partial charge in [-0.15, -0.1) is 0 Å². The predicted molar refractivity (Wildman–Crippen MR) is 87.2 cm³/mol. The highest BCUT2D eigenvalue weighted by atomic mass is 19.3. The largest absolute Gasteiger partial charge is 0.497 e. The first-order valence-electron chi connectivity index (χ1n) is 7.42. The number of carbonyl (C=O) groups excluding carboxylic acids is 2. The zero-order chi connectivity index (χ0) is 19.1. The van der Waals surface area contributed by atoms with Crippen molar-refractivity contribution in [1.29, 1.82) is 0 Å². The van der Waals surface area contributed by atoms with Crippen molar-refractivity contribution in [1.82, 2.24) is 0 Å². The summed E-state index contributed by atoms with van der Waals surface area (Å²) in [6, 6.07) is 9.91. The van der Waals surface area contributed by atoms with Crippen LogP contribution in [-0.4, -0.2) is 39.2 Å². The van der Waals surface area contributed by atoms with E-state index >= 15 is 0 Å². The molecule has 8 heteroatoms. The zero-order valence-electron chi connectivity index (χ0n) is 14.0. The van der Waals surface area contributed by atoms with E-state index in [0.29, 0.717) is 5.75 Å². The number of hydrogen-bond acceptors (Lipinski definition) is 6. The number of ketones is 1. The zero-order valence-corrected chi connectivity index (χ0v) is 14.0. The van der Waals surface area contributed by atoms with E-state index in [2.05, 4.69) is 4.74 Å². The molecule has 0 aromatic heterocycles. The summed E-state index contributed by atoms with van der Waals surface area (Å²) in [5.74, 6) is -1.06. The van der Waals surface area contributed by atoms with Crippen molar-refractivity contribution < 1.29 is 37.3 Å². The third kappa shape index (κ3) is 4.69. The summed E-state index contributed by atoms with van der Waals surface area (Å²) in [7, 11) is 2.85. The molecule has 2 aromatic rings. The normalized spacial score (nSPS) is 10.3. The van der Waals surface area contributed by atoms with Gasteiger partial charge in [0, 0.05) is 6.07 Å².